The Kier molecular flexibility index (Phi) is 2.49. The van der Waals surface area contributed by atoms with Crippen LogP contribution in [0, 0.1) is 5.92 Å². The summed E-state index contributed by atoms with van der Waals surface area (Å²) in [4.78, 5) is 10.6. The van der Waals surface area contributed by atoms with Crippen molar-refractivity contribution in [3.05, 3.63) is 33.8 Å². The van der Waals surface area contributed by atoms with E-state index in [1.54, 1.807) is 0 Å². The second kappa shape index (κ2) is 3.62. The smallest absolute Gasteiger partial charge is 0.123 e. The standard InChI is InChI=1S/C11H11BrO/c12-11-4-3-9-2-1-8(7-13)5-10(9)6-11/h3-4,6-8H,1-2,5H2. The molecule has 1 aromatic rings. The van der Waals surface area contributed by atoms with E-state index < -0.39 is 0 Å². The van der Waals surface area contributed by atoms with Crippen LogP contribution in [0.3, 0.4) is 0 Å². The van der Waals surface area contributed by atoms with Crippen LogP contribution in [-0.2, 0) is 17.6 Å². The van der Waals surface area contributed by atoms with Crippen molar-refractivity contribution >= 4 is 22.2 Å². The van der Waals surface area contributed by atoms with Crippen LogP contribution >= 0.6 is 15.9 Å². The van der Waals surface area contributed by atoms with E-state index in [2.05, 4.69) is 34.1 Å². The van der Waals surface area contributed by atoms with E-state index in [9.17, 15) is 4.79 Å². The predicted octanol–water partition coefficient (Wildman–Crippen LogP) is 2.75. The first-order chi connectivity index (χ1) is 6.29. The van der Waals surface area contributed by atoms with Crippen LogP contribution in [0.5, 0.6) is 0 Å². The Morgan fingerprint density at radius 2 is 2.23 bits per heavy atom. The Morgan fingerprint density at radius 1 is 1.38 bits per heavy atom. The van der Waals surface area contributed by atoms with Crippen LogP contribution in [0.25, 0.3) is 0 Å². The van der Waals surface area contributed by atoms with Crippen LogP contribution in [0.15, 0.2) is 22.7 Å². The Morgan fingerprint density at radius 3 is 3.00 bits per heavy atom. The van der Waals surface area contributed by atoms with Gasteiger partial charge in [-0.2, -0.15) is 0 Å². The van der Waals surface area contributed by atoms with Crippen LogP contribution in [0.2, 0.25) is 0 Å². The van der Waals surface area contributed by atoms with Gasteiger partial charge in [-0.15, -0.1) is 0 Å². The van der Waals surface area contributed by atoms with Crippen molar-refractivity contribution in [3.8, 4) is 0 Å². The van der Waals surface area contributed by atoms with E-state index in [0.717, 1.165) is 30.0 Å². The number of benzene rings is 1. The highest BCUT2D eigenvalue weighted by Gasteiger charge is 2.17. The lowest BCUT2D eigenvalue weighted by Crippen LogP contribution is -2.14. The average molecular weight is 239 g/mol. The largest absolute Gasteiger partial charge is 0.303 e. The molecular weight excluding hydrogens is 228 g/mol. The van der Waals surface area contributed by atoms with Crippen molar-refractivity contribution in [1.82, 2.24) is 0 Å². The van der Waals surface area contributed by atoms with Gasteiger partial charge in [0.25, 0.3) is 0 Å². The van der Waals surface area contributed by atoms with Crippen LogP contribution < -0.4 is 0 Å². The van der Waals surface area contributed by atoms with E-state index in [4.69, 9.17) is 0 Å². The summed E-state index contributed by atoms with van der Waals surface area (Å²) in [5.41, 5.74) is 2.74. The molecule has 13 heavy (non-hydrogen) atoms. The maximum absolute atomic E-state index is 10.6. The summed E-state index contributed by atoms with van der Waals surface area (Å²) in [5.74, 6) is 0.238. The van der Waals surface area contributed by atoms with Crippen molar-refractivity contribution in [2.75, 3.05) is 0 Å². The minimum Gasteiger partial charge on any atom is -0.303 e. The molecule has 1 atom stereocenters. The quantitative estimate of drug-likeness (QED) is 0.688. The van der Waals surface area contributed by atoms with Crippen LogP contribution in [0.4, 0.5) is 0 Å². The molecule has 2 rings (SSSR count). The van der Waals surface area contributed by atoms with E-state index in [1.807, 2.05) is 0 Å². The van der Waals surface area contributed by atoms with E-state index in [1.165, 1.54) is 11.1 Å². The molecule has 0 aliphatic heterocycles. The van der Waals surface area contributed by atoms with Gasteiger partial charge in [0, 0.05) is 10.4 Å². The molecule has 0 heterocycles. The third-order valence-corrected chi connectivity index (χ3v) is 3.12. The van der Waals surface area contributed by atoms with Gasteiger partial charge >= 0.3 is 0 Å². The van der Waals surface area contributed by atoms with Crippen molar-refractivity contribution in [2.24, 2.45) is 5.92 Å². The van der Waals surface area contributed by atoms with Gasteiger partial charge in [-0.1, -0.05) is 22.0 Å². The van der Waals surface area contributed by atoms with Crippen molar-refractivity contribution in [1.29, 1.82) is 0 Å². The Hall–Kier alpha value is -0.630. The highest BCUT2D eigenvalue weighted by molar-refractivity contribution is 9.10. The highest BCUT2D eigenvalue weighted by atomic mass is 79.9. The van der Waals surface area contributed by atoms with Gasteiger partial charge in [0.05, 0.1) is 0 Å². The molecule has 1 aliphatic carbocycles. The number of hydrogen-bond acceptors (Lipinski definition) is 1. The third kappa shape index (κ3) is 1.83. The van der Waals surface area contributed by atoms with E-state index >= 15 is 0 Å². The summed E-state index contributed by atoms with van der Waals surface area (Å²) in [6.07, 6.45) is 4.06. The summed E-state index contributed by atoms with van der Waals surface area (Å²) >= 11 is 3.44. The first kappa shape index (κ1) is 8.95. The highest BCUT2D eigenvalue weighted by Crippen LogP contribution is 2.26. The molecule has 1 nitrogen and oxygen atoms in total. The zero-order valence-electron chi connectivity index (χ0n) is 7.29. The number of rotatable bonds is 1. The summed E-state index contributed by atoms with van der Waals surface area (Å²) in [7, 11) is 0. The number of aryl methyl sites for hydroxylation is 1. The molecule has 0 fully saturated rings. The molecule has 0 radical (unpaired) electrons. The third-order valence-electron chi connectivity index (χ3n) is 2.63. The molecule has 1 unspecified atom stereocenters. The number of carbonyl (C=O) groups excluding carboxylic acids is 1. The summed E-state index contributed by atoms with van der Waals surface area (Å²) in [5, 5.41) is 0. The molecule has 68 valence electrons. The molecule has 0 saturated carbocycles. The van der Waals surface area contributed by atoms with Gasteiger partial charge in [0.1, 0.15) is 6.29 Å². The molecule has 0 spiro atoms. The van der Waals surface area contributed by atoms with Gasteiger partial charge in [-0.25, -0.2) is 0 Å². The molecule has 0 aromatic heterocycles. The number of aldehydes is 1. The zero-order chi connectivity index (χ0) is 9.26. The maximum Gasteiger partial charge on any atom is 0.123 e. The van der Waals surface area contributed by atoms with Crippen molar-refractivity contribution < 1.29 is 4.79 Å². The zero-order valence-corrected chi connectivity index (χ0v) is 8.88. The van der Waals surface area contributed by atoms with Crippen LogP contribution in [0.1, 0.15) is 17.5 Å². The minimum absolute atomic E-state index is 0.238. The monoisotopic (exact) mass is 238 g/mol. The molecule has 0 bridgehead atoms. The lowest BCUT2D eigenvalue weighted by molar-refractivity contribution is -0.111. The second-order valence-electron chi connectivity index (χ2n) is 3.55. The fourth-order valence-corrected chi connectivity index (χ4v) is 2.28. The number of carbonyl (C=O) groups is 1. The summed E-state index contributed by atoms with van der Waals surface area (Å²) in [6.45, 7) is 0. The second-order valence-corrected chi connectivity index (χ2v) is 4.47. The number of hydrogen-bond donors (Lipinski definition) is 0. The molecule has 0 saturated heterocycles. The Bertz CT molecular complexity index is 333. The topological polar surface area (TPSA) is 17.1 Å². The summed E-state index contributed by atoms with van der Waals surface area (Å²) in [6, 6.07) is 6.35. The minimum atomic E-state index is 0.238. The van der Waals surface area contributed by atoms with E-state index in [0.29, 0.717) is 0 Å². The number of fused-ring (bicyclic) bond motifs is 1. The fourth-order valence-electron chi connectivity index (χ4n) is 1.87. The average Bonchev–Trinajstić information content (AvgIpc) is 2.16. The van der Waals surface area contributed by atoms with Gasteiger partial charge in [0.2, 0.25) is 0 Å². The first-order valence-electron chi connectivity index (χ1n) is 4.52. The molecule has 1 aliphatic rings. The molecule has 0 N–H and O–H groups in total. The Labute approximate surface area is 86.3 Å². The van der Waals surface area contributed by atoms with Gasteiger partial charge in [0.15, 0.2) is 0 Å². The molecular formula is C11H11BrO. The SMILES string of the molecule is O=CC1CCc2ccc(Br)cc2C1. The first-order valence-corrected chi connectivity index (χ1v) is 5.31. The van der Waals surface area contributed by atoms with Crippen molar-refractivity contribution in [3.63, 3.8) is 0 Å². The van der Waals surface area contributed by atoms with E-state index in [-0.39, 0.29) is 5.92 Å². The Balaban J connectivity index is 2.32. The van der Waals surface area contributed by atoms with Crippen molar-refractivity contribution in [2.45, 2.75) is 19.3 Å². The lowest BCUT2D eigenvalue weighted by atomic mass is 9.85. The molecule has 2 heteroatoms. The van der Waals surface area contributed by atoms with Crippen LogP contribution in [-0.4, -0.2) is 6.29 Å². The summed E-state index contributed by atoms with van der Waals surface area (Å²) < 4.78 is 1.11. The van der Waals surface area contributed by atoms with Gasteiger partial charge in [-0.05, 0) is 42.5 Å². The van der Waals surface area contributed by atoms with Gasteiger partial charge < -0.3 is 4.79 Å². The maximum atomic E-state index is 10.6. The lowest BCUT2D eigenvalue weighted by Gasteiger charge is -2.20. The predicted molar refractivity (Wildman–Crippen MR) is 55.7 cm³/mol. The fraction of sp³-hybridized carbons (Fsp3) is 0.364. The molecule has 0 amide bonds. The van der Waals surface area contributed by atoms with Gasteiger partial charge in [-0.3, -0.25) is 0 Å². The molecule has 1 aromatic carbocycles. The number of halogens is 1. The normalized spacial score (nSPS) is 20.8.